The number of fused-ring (bicyclic) bond motifs is 2. The van der Waals surface area contributed by atoms with Crippen molar-refractivity contribution in [2.45, 2.75) is 0 Å². The van der Waals surface area contributed by atoms with Gasteiger partial charge in [0.25, 0.3) is 5.91 Å². The lowest BCUT2D eigenvalue weighted by atomic mass is 10.0. The molecule has 0 spiro atoms. The average Bonchev–Trinajstić information content (AvgIpc) is 2.77. The van der Waals surface area contributed by atoms with Gasteiger partial charge in [-0.05, 0) is 36.4 Å². The van der Waals surface area contributed by atoms with E-state index in [1.54, 1.807) is 6.07 Å². The quantitative estimate of drug-likeness (QED) is 0.446. The van der Waals surface area contributed by atoms with Gasteiger partial charge in [-0.1, -0.05) is 58.4 Å². The maximum atomic E-state index is 13.7. The van der Waals surface area contributed by atoms with Gasteiger partial charge in [0.2, 0.25) is 5.91 Å². The molecule has 2 amide bonds. The number of rotatable bonds is 2. The van der Waals surface area contributed by atoms with Crippen molar-refractivity contribution in [2.75, 3.05) is 16.8 Å². The molecule has 30 heavy (non-hydrogen) atoms. The molecule has 0 atom stereocenters. The maximum Gasteiger partial charge on any atom is 0.259 e. The third-order valence-corrected chi connectivity index (χ3v) is 5.63. The fourth-order valence-electron chi connectivity index (χ4n) is 3.68. The van der Waals surface area contributed by atoms with Crippen molar-refractivity contribution in [2.24, 2.45) is 0 Å². The molecule has 0 saturated carbocycles. The van der Waals surface area contributed by atoms with Crippen LogP contribution >= 0.6 is 15.9 Å². The summed E-state index contributed by atoms with van der Waals surface area (Å²) < 4.78 is 0.972. The van der Waals surface area contributed by atoms with Crippen molar-refractivity contribution >= 4 is 50.0 Å². The lowest BCUT2D eigenvalue weighted by molar-refractivity contribution is -0.115. The summed E-state index contributed by atoms with van der Waals surface area (Å²) in [5.74, 6) is -0.442. The first-order valence-corrected chi connectivity index (χ1v) is 10.3. The number of benzene rings is 3. The monoisotopic (exact) mass is 457 g/mol. The summed E-state index contributed by atoms with van der Waals surface area (Å²) in [6, 6.07) is 24.5. The van der Waals surface area contributed by atoms with Crippen LogP contribution in [0.1, 0.15) is 10.4 Å². The molecule has 2 heterocycles. The topological polar surface area (TPSA) is 62.3 Å². The summed E-state index contributed by atoms with van der Waals surface area (Å²) in [4.78, 5) is 32.2. The third-order valence-electron chi connectivity index (χ3n) is 5.10. The van der Waals surface area contributed by atoms with E-state index < -0.39 is 0 Å². The van der Waals surface area contributed by atoms with E-state index in [1.165, 1.54) is 4.90 Å². The van der Waals surface area contributed by atoms with Crippen LogP contribution in [0.15, 0.2) is 83.3 Å². The highest BCUT2D eigenvalue weighted by molar-refractivity contribution is 9.10. The second-order valence-electron chi connectivity index (χ2n) is 7.04. The van der Waals surface area contributed by atoms with E-state index in [9.17, 15) is 9.59 Å². The lowest BCUT2D eigenvalue weighted by Crippen LogP contribution is -2.42. The molecule has 4 aromatic rings. The highest BCUT2D eigenvalue weighted by Crippen LogP contribution is 2.32. The van der Waals surface area contributed by atoms with Crippen LogP contribution in [-0.4, -0.2) is 23.3 Å². The van der Waals surface area contributed by atoms with Gasteiger partial charge >= 0.3 is 0 Å². The molecule has 0 saturated heterocycles. The molecule has 0 radical (unpaired) electrons. The number of hydrogen-bond donors (Lipinski definition) is 1. The number of nitrogens with one attached hydrogen (secondary N) is 1. The second kappa shape index (κ2) is 7.39. The molecule has 3 aromatic carbocycles. The third kappa shape index (κ3) is 3.25. The Kier molecular flexibility index (Phi) is 4.56. The Labute approximate surface area is 181 Å². The number of para-hydroxylation sites is 3. The van der Waals surface area contributed by atoms with Gasteiger partial charge in [-0.15, -0.1) is 0 Å². The molecule has 1 aliphatic rings. The number of amides is 2. The molecule has 0 fully saturated rings. The number of hydrogen-bond acceptors (Lipinski definition) is 3. The van der Waals surface area contributed by atoms with Crippen LogP contribution in [0.4, 0.5) is 11.4 Å². The van der Waals surface area contributed by atoms with Crippen LogP contribution in [0.2, 0.25) is 0 Å². The lowest BCUT2D eigenvalue weighted by Gasteiger charge is -2.29. The number of carbonyl (C=O) groups is 2. The second-order valence-corrected chi connectivity index (χ2v) is 7.95. The van der Waals surface area contributed by atoms with Crippen LogP contribution in [0.3, 0.4) is 0 Å². The van der Waals surface area contributed by atoms with E-state index in [0.29, 0.717) is 22.6 Å². The Morgan fingerprint density at radius 3 is 2.53 bits per heavy atom. The first-order chi connectivity index (χ1) is 14.6. The number of anilines is 2. The fourth-order valence-corrected chi connectivity index (χ4v) is 3.95. The average molecular weight is 458 g/mol. The zero-order chi connectivity index (χ0) is 20.7. The minimum Gasteiger partial charge on any atom is -0.323 e. The van der Waals surface area contributed by atoms with Crippen LogP contribution in [0, 0.1) is 0 Å². The van der Waals surface area contributed by atoms with Crippen LogP contribution in [0.5, 0.6) is 0 Å². The van der Waals surface area contributed by atoms with Crippen molar-refractivity contribution in [3.63, 3.8) is 0 Å². The van der Waals surface area contributed by atoms with Crippen molar-refractivity contribution in [3.8, 4) is 11.3 Å². The number of pyridine rings is 1. The molecule has 0 aliphatic carbocycles. The molecule has 0 unspecified atom stereocenters. The predicted molar refractivity (Wildman–Crippen MR) is 122 cm³/mol. The number of aromatic nitrogens is 1. The summed E-state index contributed by atoms with van der Waals surface area (Å²) in [6.45, 7) is -0.0277. The van der Waals surface area contributed by atoms with Gasteiger partial charge in [-0.25, -0.2) is 4.98 Å². The molecule has 1 aliphatic heterocycles. The summed E-state index contributed by atoms with van der Waals surface area (Å²) in [7, 11) is 0. The minimum atomic E-state index is -0.228. The zero-order valence-electron chi connectivity index (χ0n) is 15.8. The molecule has 5 nitrogen and oxygen atoms in total. The Balaban J connectivity index is 1.67. The standard InChI is InChI=1S/C24H16BrN3O2/c25-16-11-9-15(10-12-16)21-13-18(17-5-1-2-6-19(17)26-21)24(30)28-14-23(29)27-20-7-3-4-8-22(20)28/h1-13H,14H2,(H,27,29). The van der Waals surface area contributed by atoms with E-state index in [-0.39, 0.29) is 18.4 Å². The Hall–Kier alpha value is -3.51. The first kappa shape index (κ1) is 18.5. The molecule has 0 bridgehead atoms. The van der Waals surface area contributed by atoms with E-state index >= 15 is 0 Å². The van der Waals surface area contributed by atoms with Crippen LogP contribution < -0.4 is 10.2 Å². The summed E-state index contributed by atoms with van der Waals surface area (Å²) >= 11 is 3.45. The Morgan fingerprint density at radius 2 is 1.70 bits per heavy atom. The minimum absolute atomic E-state index is 0.0277. The summed E-state index contributed by atoms with van der Waals surface area (Å²) in [5.41, 5.74) is 4.19. The van der Waals surface area contributed by atoms with Gasteiger partial charge in [0, 0.05) is 15.4 Å². The molecule has 1 N–H and O–H groups in total. The van der Waals surface area contributed by atoms with Gasteiger partial charge in [0.1, 0.15) is 6.54 Å². The van der Waals surface area contributed by atoms with E-state index in [2.05, 4.69) is 21.2 Å². The molecule has 146 valence electrons. The van der Waals surface area contributed by atoms with E-state index in [0.717, 1.165) is 20.9 Å². The van der Waals surface area contributed by atoms with Crippen LogP contribution in [-0.2, 0) is 4.79 Å². The largest absolute Gasteiger partial charge is 0.323 e. The fraction of sp³-hybridized carbons (Fsp3) is 0.0417. The molecule has 6 heteroatoms. The van der Waals surface area contributed by atoms with Crippen molar-refractivity contribution < 1.29 is 9.59 Å². The van der Waals surface area contributed by atoms with Gasteiger partial charge in [0.05, 0.1) is 28.1 Å². The highest BCUT2D eigenvalue weighted by Gasteiger charge is 2.28. The summed E-state index contributed by atoms with van der Waals surface area (Å²) in [5, 5.41) is 3.58. The smallest absolute Gasteiger partial charge is 0.259 e. The number of carbonyl (C=O) groups excluding carboxylic acids is 2. The van der Waals surface area contributed by atoms with Gasteiger partial charge in [0.15, 0.2) is 0 Å². The van der Waals surface area contributed by atoms with E-state index in [4.69, 9.17) is 4.98 Å². The van der Waals surface area contributed by atoms with Crippen LogP contribution in [0.25, 0.3) is 22.2 Å². The number of halogens is 1. The predicted octanol–water partition coefficient (Wildman–Crippen LogP) is 5.26. The van der Waals surface area contributed by atoms with Crippen molar-refractivity contribution in [1.82, 2.24) is 4.98 Å². The van der Waals surface area contributed by atoms with Crippen molar-refractivity contribution in [1.29, 1.82) is 0 Å². The first-order valence-electron chi connectivity index (χ1n) is 9.46. The van der Waals surface area contributed by atoms with Gasteiger partial charge in [-0.3, -0.25) is 14.5 Å². The zero-order valence-corrected chi connectivity index (χ0v) is 17.4. The Morgan fingerprint density at radius 1 is 0.967 bits per heavy atom. The number of nitrogens with zero attached hydrogens (tertiary/aromatic N) is 2. The van der Waals surface area contributed by atoms with Gasteiger partial charge < -0.3 is 5.32 Å². The SMILES string of the molecule is O=C1CN(C(=O)c2cc(-c3ccc(Br)cc3)nc3ccccc23)c2ccccc2N1. The molecule has 5 rings (SSSR count). The normalized spacial score (nSPS) is 13.1. The van der Waals surface area contributed by atoms with Crippen molar-refractivity contribution in [3.05, 3.63) is 88.9 Å². The molecular weight excluding hydrogens is 442 g/mol. The summed E-state index contributed by atoms with van der Waals surface area (Å²) in [6.07, 6.45) is 0. The van der Waals surface area contributed by atoms with Gasteiger partial charge in [-0.2, -0.15) is 0 Å². The maximum absolute atomic E-state index is 13.7. The molecular formula is C24H16BrN3O2. The van der Waals surface area contributed by atoms with E-state index in [1.807, 2.05) is 72.8 Å². The highest BCUT2D eigenvalue weighted by atomic mass is 79.9. The molecule has 1 aromatic heterocycles. The Bertz CT molecular complexity index is 1300.